The van der Waals surface area contributed by atoms with E-state index in [-0.39, 0.29) is 11.8 Å². The Kier molecular flexibility index (Phi) is 9.29. The number of benzene rings is 3. The van der Waals surface area contributed by atoms with Crippen LogP contribution in [-0.4, -0.2) is 60.7 Å². The highest BCUT2D eigenvalue weighted by molar-refractivity contribution is 5.99. The van der Waals surface area contributed by atoms with Gasteiger partial charge in [-0.05, 0) is 60.7 Å². The van der Waals surface area contributed by atoms with Gasteiger partial charge in [-0.2, -0.15) is 0 Å². The number of rotatable bonds is 11. The van der Waals surface area contributed by atoms with Crippen LogP contribution in [0.4, 0.5) is 0 Å². The highest BCUT2D eigenvalue weighted by Gasteiger charge is 2.24. The molecule has 7 nitrogen and oxygen atoms in total. The number of hydrogen-bond acceptors (Lipinski definition) is 5. The smallest absolute Gasteiger partial charge is 0.253 e. The van der Waals surface area contributed by atoms with Crippen LogP contribution in [0.15, 0.2) is 78.9 Å². The monoisotopic (exact) mass is 501 g/mol. The number of amides is 2. The molecule has 2 amide bonds. The van der Waals surface area contributed by atoms with Crippen LogP contribution in [0.2, 0.25) is 0 Å². The van der Waals surface area contributed by atoms with Gasteiger partial charge in [-0.25, -0.2) is 0 Å². The van der Waals surface area contributed by atoms with Gasteiger partial charge in [0.2, 0.25) is 0 Å². The number of carbonyl (C=O) groups is 2. The summed E-state index contributed by atoms with van der Waals surface area (Å²) in [5.74, 6) is 0.415. The van der Waals surface area contributed by atoms with Gasteiger partial charge in [0.1, 0.15) is 5.75 Å². The summed E-state index contributed by atoms with van der Waals surface area (Å²) in [6.07, 6.45) is 1.67. The molecule has 194 valence electrons. The summed E-state index contributed by atoms with van der Waals surface area (Å²) in [6.45, 7) is 2.36. The molecule has 0 unspecified atom stereocenters. The topological polar surface area (TPSA) is 90.9 Å². The minimum absolute atomic E-state index is 0.0465. The van der Waals surface area contributed by atoms with Crippen molar-refractivity contribution in [1.29, 1.82) is 0 Å². The van der Waals surface area contributed by atoms with Crippen LogP contribution in [0.25, 0.3) is 0 Å². The lowest BCUT2D eigenvalue weighted by Gasteiger charge is -2.25. The molecule has 37 heavy (non-hydrogen) atoms. The maximum atomic E-state index is 13.2. The fourth-order valence-electron chi connectivity index (χ4n) is 4.59. The minimum Gasteiger partial charge on any atom is -0.497 e. The first kappa shape index (κ1) is 26.4. The summed E-state index contributed by atoms with van der Waals surface area (Å²) < 4.78 is 5.28. The van der Waals surface area contributed by atoms with E-state index in [2.05, 4.69) is 10.6 Å². The zero-order chi connectivity index (χ0) is 26.0. The molecule has 0 saturated carbocycles. The largest absolute Gasteiger partial charge is 0.497 e. The van der Waals surface area contributed by atoms with E-state index in [1.807, 2.05) is 59.5 Å². The Hall–Kier alpha value is -3.68. The van der Waals surface area contributed by atoms with Gasteiger partial charge in [-0.15, -0.1) is 0 Å². The zero-order valence-electron chi connectivity index (χ0n) is 21.2. The van der Waals surface area contributed by atoms with E-state index in [4.69, 9.17) is 4.74 Å². The third-order valence-corrected chi connectivity index (χ3v) is 6.66. The van der Waals surface area contributed by atoms with E-state index < -0.39 is 12.1 Å². The van der Waals surface area contributed by atoms with Crippen LogP contribution in [0.5, 0.6) is 5.75 Å². The van der Waals surface area contributed by atoms with Crippen LogP contribution in [0, 0.1) is 0 Å². The van der Waals surface area contributed by atoms with E-state index in [1.165, 1.54) is 0 Å². The van der Waals surface area contributed by atoms with Crippen molar-refractivity contribution >= 4 is 11.8 Å². The maximum Gasteiger partial charge on any atom is 0.253 e. The van der Waals surface area contributed by atoms with Crippen molar-refractivity contribution in [3.8, 4) is 5.75 Å². The molecule has 1 aliphatic heterocycles. The van der Waals surface area contributed by atoms with E-state index in [0.29, 0.717) is 30.6 Å². The average Bonchev–Trinajstić information content (AvgIpc) is 3.48. The maximum absolute atomic E-state index is 13.2. The Balaban J connectivity index is 1.42. The number of methoxy groups -OCH3 is 1. The van der Waals surface area contributed by atoms with Gasteiger partial charge >= 0.3 is 0 Å². The Morgan fingerprint density at radius 1 is 0.919 bits per heavy atom. The molecule has 0 aromatic heterocycles. The molecule has 3 N–H and O–H groups in total. The van der Waals surface area contributed by atoms with Crippen LogP contribution in [0.1, 0.15) is 44.7 Å². The Bertz CT molecular complexity index is 1180. The standard InChI is InChI=1S/C30H35N3O4/c1-37-26-14-7-11-23(17-26)20-31-21-28(34)27(18-22-9-3-2-4-10-22)32-29(35)24-12-8-13-25(19-24)30(36)33-15-5-6-16-33/h2-4,7-14,17,19,27-28,31,34H,5-6,15-16,18,20-21H2,1H3,(H,32,35)/t27-,28-/m0/s1. The van der Waals surface area contributed by atoms with Gasteiger partial charge < -0.3 is 25.4 Å². The van der Waals surface area contributed by atoms with E-state index in [9.17, 15) is 14.7 Å². The fourth-order valence-corrected chi connectivity index (χ4v) is 4.59. The molecule has 3 aromatic rings. The second-order valence-electron chi connectivity index (χ2n) is 9.40. The molecular formula is C30H35N3O4. The van der Waals surface area contributed by atoms with Crippen molar-refractivity contribution in [2.45, 2.75) is 38.0 Å². The summed E-state index contributed by atoms with van der Waals surface area (Å²) in [4.78, 5) is 27.9. The van der Waals surface area contributed by atoms with Gasteiger partial charge in [0.25, 0.3) is 11.8 Å². The quantitative estimate of drug-likeness (QED) is 0.375. The summed E-state index contributed by atoms with van der Waals surface area (Å²) in [5.41, 5.74) is 2.96. The molecule has 1 heterocycles. The Morgan fingerprint density at radius 2 is 1.62 bits per heavy atom. The second kappa shape index (κ2) is 13.0. The predicted octanol–water partition coefficient (Wildman–Crippen LogP) is 3.42. The molecule has 2 atom stereocenters. The third kappa shape index (κ3) is 7.41. The number of nitrogens with one attached hydrogen (secondary N) is 2. The van der Waals surface area contributed by atoms with Crippen molar-refractivity contribution in [3.63, 3.8) is 0 Å². The number of ether oxygens (including phenoxy) is 1. The normalized spacial score (nSPS) is 14.7. The molecule has 7 heteroatoms. The van der Waals surface area contributed by atoms with Crippen molar-refractivity contribution in [1.82, 2.24) is 15.5 Å². The number of carbonyl (C=O) groups excluding carboxylic acids is 2. The first-order valence-electron chi connectivity index (χ1n) is 12.8. The molecule has 0 radical (unpaired) electrons. The van der Waals surface area contributed by atoms with Crippen molar-refractivity contribution in [2.24, 2.45) is 0 Å². The molecule has 1 saturated heterocycles. The molecule has 0 aliphatic carbocycles. The highest BCUT2D eigenvalue weighted by Crippen LogP contribution is 2.16. The van der Waals surface area contributed by atoms with Crippen molar-refractivity contribution in [3.05, 3.63) is 101 Å². The zero-order valence-corrected chi connectivity index (χ0v) is 21.2. The number of likely N-dealkylation sites (tertiary alicyclic amines) is 1. The van der Waals surface area contributed by atoms with Gasteiger partial charge in [-0.1, -0.05) is 48.5 Å². The molecule has 1 aliphatic rings. The van der Waals surface area contributed by atoms with E-state index in [1.54, 1.807) is 31.4 Å². The van der Waals surface area contributed by atoms with Gasteiger partial charge in [0.05, 0.1) is 19.3 Å². The van der Waals surface area contributed by atoms with Gasteiger partial charge in [0.15, 0.2) is 0 Å². The van der Waals surface area contributed by atoms with E-state index in [0.717, 1.165) is 42.8 Å². The van der Waals surface area contributed by atoms with Gasteiger partial charge in [-0.3, -0.25) is 9.59 Å². The molecule has 1 fully saturated rings. The summed E-state index contributed by atoms with van der Waals surface area (Å²) in [5, 5.41) is 17.4. The Morgan fingerprint density at radius 3 is 2.38 bits per heavy atom. The number of hydrogen-bond donors (Lipinski definition) is 3. The number of aliphatic hydroxyl groups excluding tert-OH is 1. The van der Waals surface area contributed by atoms with Crippen molar-refractivity contribution in [2.75, 3.05) is 26.7 Å². The highest BCUT2D eigenvalue weighted by atomic mass is 16.5. The first-order chi connectivity index (χ1) is 18.0. The lowest BCUT2D eigenvalue weighted by atomic mass is 10.00. The molecule has 0 spiro atoms. The van der Waals surface area contributed by atoms with Crippen molar-refractivity contribution < 1.29 is 19.4 Å². The summed E-state index contributed by atoms with van der Waals surface area (Å²) >= 11 is 0. The average molecular weight is 502 g/mol. The van der Waals surface area contributed by atoms with Crippen LogP contribution < -0.4 is 15.4 Å². The number of aliphatic hydroxyl groups is 1. The SMILES string of the molecule is COc1cccc(CNC[C@H](O)[C@H](Cc2ccccc2)NC(=O)c2cccc(C(=O)N3CCCC3)c2)c1. The lowest BCUT2D eigenvalue weighted by molar-refractivity contribution is 0.0792. The third-order valence-electron chi connectivity index (χ3n) is 6.66. The lowest BCUT2D eigenvalue weighted by Crippen LogP contribution is -2.48. The minimum atomic E-state index is -0.829. The fraction of sp³-hybridized carbons (Fsp3) is 0.333. The van der Waals surface area contributed by atoms with Crippen LogP contribution >= 0.6 is 0 Å². The molecule has 3 aromatic carbocycles. The molecule has 4 rings (SSSR count). The Labute approximate surface area is 218 Å². The van der Waals surface area contributed by atoms with Gasteiger partial charge in [0, 0.05) is 37.3 Å². The number of nitrogens with zero attached hydrogens (tertiary/aromatic N) is 1. The predicted molar refractivity (Wildman–Crippen MR) is 144 cm³/mol. The van der Waals surface area contributed by atoms with Crippen LogP contribution in [0.3, 0.4) is 0 Å². The van der Waals surface area contributed by atoms with E-state index >= 15 is 0 Å². The summed E-state index contributed by atoms with van der Waals surface area (Å²) in [7, 11) is 1.63. The molecular weight excluding hydrogens is 466 g/mol. The summed E-state index contributed by atoms with van der Waals surface area (Å²) in [6, 6.07) is 23.8. The van der Waals surface area contributed by atoms with Crippen LogP contribution in [-0.2, 0) is 13.0 Å². The second-order valence-corrected chi connectivity index (χ2v) is 9.40. The first-order valence-corrected chi connectivity index (χ1v) is 12.8. The molecule has 0 bridgehead atoms.